The molecule has 2 atom stereocenters. The fourth-order valence-electron chi connectivity index (χ4n) is 1.50. The Morgan fingerprint density at radius 3 is 2.40 bits per heavy atom. The molecule has 0 nitrogen and oxygen atoms in total. The van der Waals surface area contributed by atoms with Gasteiger partial charge in [-0.2, -0.15) is 0 Å². The summed E-state index contributed by atoms with van der Waals surface area (Å²) < 4.78 is 0. The van der Waals surface area contributed by atoms with Gasteiger partial charge in [-0.05, 0) is 17.9 Å². The van der Waals surface area contributed by atoms with Gasteiger partial charge in [0.15, 0.2) is 0 Å². The highest BCUT2D eigenvalue weighted by molar-refractivity contribution is 8.15. The number of unbranched alkanes of at least 4 members (excludes halogenated alkanes) is 4. The Hall–Kier alpha value is 0.0800. The highest BCUT2D eigenvalue weighted by Gasteiger charge is 1.92. The Bertz CT molecular complexity index is 234. The fourth-order valence-corrected chi connectivity index (χ4v) is 4.64. The molecule has 84 valence electrons. The van der Waals surface area contributed by atoms with Gasteiger partial charge in [-0.1, -0.05) is 79.5 Å². The smallest absolute Gasteiger partial charge is 0.0230 e. The van der Waals surface area contributed by atoms with Crippen molar-refractivity contribution in [3.63, 3.8) is 0 Å². The first-order valence-corrected chi connectivity index (χ1v) is 9.18. The standard InChI is InChI=1S/C13H22P2/c1-2-3-4-5-9-12-14-15-13-10-7-6-8-11-13/h6-8,10-11,14-15H,2-5,9,12H2,1H3. The second kappa shape index (κ2) is 9.32. The number of benzene rings is 1. The van der Waals surface area contributed by atoms with Gasteiger partial charge in [-0.3, -0.25) is 0 Å². The van der Waals surface area contributed by atoms with Crippen LogP contribution >= 0.6 is 16.5 Å². The van der Waals surface area contributed by atoms with E-state index in [-0.39, 0.29) is 0 Å². The molecule has 0 amide bonds. The first-order valence-electron chi connectivity index (χ1n) is 5.97. The second-order valence-electron chi connectivity index (χ2n) is 3.83. The van der Waals surface area contributed by atoms with E-state index in [1.54, 1.807) is 0 Å². The molecule has 0 aromatic heterocycles. The maximum absolute atomic E-state index is 2.28. The minimum atomic E-state index is 1.04. The molecule has 0 fully saturated rings. The topological polar surface area (TPSA) is 0 Å². The van der Waals surface area contributed by atoms with Gasteiger partial charge in [0, 0.05) is 0 Å². The lowest BCUT2D eigenvalue weighted by Gasteiger charge is -2.02. The summed E-state index contributed by atoms with van der Waals surface area (Å²) in [5, 5.41) is 1.53. The van der Waals surface area contributed by atoms with Crippen LogP contribution in [0.1, 0.15) is 39.0 Å². The Morgan fingerprint density at radius 1 is 0.933 bits per heavy atom. The lowest BCUT2D eigenvalue weighted by atomic mass is 10.2. The van der Waals surface area contributed by atoms with Gasteiger partial charge in [0.1, 0.15) is 0 Å². The normalized spacial score (nSPS) is 12.1. The molecule has 2 unspecified atom stereocenters. The van der Waals surface area contributed by atoms with E-state index in [9.17, 15) is 0 Å². The van der Waals surface area contributed by atoms with Crippen molar-refractivity contribution in [3.05, 3.63) is 30.3 Å². The average Bonchev–Trinajstić information content (AvgIpc) is 2.29. The molecule has 0 saturated heterocycles. The van der Waals surface area contributed by atoms with Crippen LogP contribution in [0.25, 0.3) is 0 Å². The average molecular weight is 240 g/mol. The molecule has 0 saturated carbocycles. The van der Waals surface area contributed by atoms with Crippen molar-refractivity contribution < 1.29 is 0 Å². The summed E-state index contributed by atoms with van der Waals surface area (Å²) in [6, 6.07) is 10.9. The molecule has 0 heterocycles. The van der Waals surface area contributed by atoms with Gasteiger partial charge in [0.25, 0.3) is 0 Å². The highest BCUT2D eigenvalue weighted by Crippen LogP contribution is 2.36. The number of rotatable bonds is 8. The zero-order valence-electron chi connectivity index (χ0n) is 9.63. The van der Waals surface area contributed by atoms with Gasteiger partial charge >= 0.3 is 0 Å². The van der Waals surface area contributed by atoms with Gasteiger partial charge in [-0.25, -0.2) is 0 Å². The minimum absolute atomic E-state index is 1.04. The Labute approximate surface area is 97.7 Å². The Balaban J connectivity index is 1.93. The van der Waals surface area contributed by atoms with Crippen LogP contribution in [-0.2, 0) is 0 Å². The molecule has 1 aromatic carbocycles. The van der Waals surface area contributed by atoms with E-state index in [2.05, 4.69) is 37.3 Å². The van der Waals surface area contributed by atoms with E-state index in [1.807, 2.05) is 0 Å². The molecule has 0 spiro atoms. The van der Waals surface area contributed by atoms with E-state index in [0.29, 0.717) is 0 Å². The molecule has 0 aliphatic rings. The van der Waals surface area contributed by atoms with Crippen LogP contribution in [0.4, 0.5) is 0 Å². The van der Waals surface area contributed by atoms with Gasteiger partial charge in [0.2, 0.25) is 0 Å². The van der Waals surface area contributed by atoms with E-state index >= 15 is 0 Å². The van der Waals surface area contributed by atoms with Crippen LogP contribution in [0, 0.1) is 0 Å². The van der Waals surface area contributed by atoms with Crippen LogP contribution in [-0.4, -0.2) is 6.16 Å². The van der Waals surface area contributed by atoms with Crippen molar-refractivity contribution in [1.29, 1.82) is 0 Å². The predicted molar refractivity (Wildman–Crippen MR) is 76.3 cm³/mol. The largest absolute Gasteiger partial charge is 0.0946 e. The van der Waals surface area contributed by atoms with Gasteiger partial charge < -0.3 is 0 Å². The summed E-state index contributed by atoms with van der Waals surface area (Å²) in [7, 11) is 2.19. The summed E-state index contributed by atoms with van der Waals surface area (Å²) in [6.07, 6.45) is 8.54. The lowest BCUT2D eigenvalue weighted by Crippen LogP contribution is -1.88. The summed E-state index contributed by atoms with van der Waals surface area (Å²) in [4.78, 5) is 0. The van der Waals surface area contributed by atoms with Crippen molar-refractivity contribution in [3.8, 4) is 0 Å². The second-order valence-corrected chi connectivity index (χ2v) is 7.32. The summed E-state index contributed by atoms with van der Waals surface area (Å²) in [6.45, 7) is 2.28. The van der Waals surface area contributed by atoms with Crippen LogP contribution in [0.5, 0.6) is 0 Å². The third-order valence-electron chi connectivity index (χ3n) is 2.41. The van der Waals surface area contributed by atoms with E-state index in [4.69, 9.17) is 0 Å². The molecule has 2 heteroatoms. The Morgan fingerprint density at radius 2 is 1.67 bits per heavy atom. The maximum atomic E-state index is 2.28. The van der Waals surface area contributed by atoms with Crippen LogP contribution in [0.2, 0.25) is 0 Å². The van der Waals surface area contributed by atoms with Crippen LogP contribution in [0.15, 0.2) is 30.3 Å². The molecule has 0 N–H and O–H groups in total. The first-order chi connectivity index (χ1) is 7.43. The van der Waals surface area contributed by atoms with E-state index < -0.39 is 0 Å². The third-order valence-corrected chi connectivity index (χ3v) is 5.96. The minimum Gasteiger partial charge on any atom is -0.0946 e. The quantitative estimate of drug-likeness (QED) is 0.461. The van der Waals surface area contributed by atoms with Gasteiger partial charge in [-0.15, -0.1) is 0 Å². The highest BCUT2D eigenvalue weighted by atomic mass is 32.0. The first kappa shape index (κ1) is 13.1. The fraction of sp³-hybridized carbons (Fsp3) is 0.538. The van der Waals surface area contributed by atoms with E-state index in [1.165, 1.54) is 43.6 Å². The molecule has 0 radical (unpaired) electrons. The Kier molecular flexibility index (Phi) is 8.17. The zero-order chi connectivity index (χ0) is 10.8. The summed E-state index contributed by atoms with van der Waals surface area (Å²) in [5.41, 5.74) is 0. The van der Waals surface area contributed by atoms with Crippen LogP contribution < -0.4 is 5.30 Å². The van der Waals surface area contributed by atoms with Crippen molar-refractivity contribution in [2.24, 2.45) is 0 Å². The summed E-state index contributed by atoms with van der Waals surface area (Å²) in [5.74, 6) is 0. The van der Waals surface area contributed by atoms with Crippen LogP contribution in [0.3, 0.4) is 0 Å². The third kappa shape index (κ3) is 7.04. The molecule has 0 aliphatic heterocycles. The lowest BCUT2D eigenvalue weighted by molar-refractivity contribution is 0.659. The number of hydrogen-bond donors (Lipinski definition) is 0. The number of hydrogen-bond acceptors (Lipinski definition) is 0. The predicted octanol–water partition coefficient (Wildman–Crippen LogP) is 4.55. The molecule has 15 heavy (non-hydrogen) atoms. The van der Waals surface area contributed by atoms with Crippen molar-refractivity contribution in [2.45, 2.75) is 39.0 Å². The zero-order valence-corrected chi connectivity index (χ0v) is 11.6. The summed E-state index contributed by atoms with van der Waals surface area (Å²) >= 11 is 0. The molecule has 1 aromatic rings. The van der Waals surface area contributed by atoms with Gasteiger partial charge in [0.05, 0.1) is 0 Å². The van der Waals surface area contributed by atoms with Crippen molar-refractivity contribution >= 4 is 21.8 Å². The SMILES string of the molecule is CCCCCCCPPc1ccccc1. The van der Waals surface area contributed by atoms with Crippen molar-refractivity contribution in [1.82, 2.24) is 0 Å². The molecule has 0 aliphatic carbocycles. The van der Waals surface area contributed by atoms with E-state index in [0.717, 1.165) is 16.5 Å². The maximum Gasteiger partial charge on any atom is -0.0230 e. The molecular weight excluding hydrogens is 218 g/mol. The van der Waals surface area contributed by atoms with Crippen molar-refractivity contribution in [2.75, 3.05) is 6.16 Å². The molecule has 1 rings (SSSR count). The molecule has 0 bridgehead atoms. The monoisotopic (exact) mass is 240 g/mol. The molecular formula is C13H22P2.